The molecule has 1 fully saturated rings. The second-order valence-corrected chi connectivity index (χ2v) is 7.89. The van der Waals surface area contributed by atoms with Crippen LogP contribution in [0, 0.1) is 6.92 Å². The number of anilines is 1. The maximum atomic E-state index is 4.50. The molecule has 0 saturated carbocycles. The Bertz CT molecular complexity index is 910. The summed E-state index contributed by atoms with van der Waals surface area (Å²) in [5, 5.41) is 8.40. The van der Waals surface area contributed by atoms with Crippen LogP contribution in [0.1, 0.15) is 11.1 Å². The molecule has 0 atom stereocenters. The molecule has 1 aliphatic heterocycles. The highest BCUT2D eigenvalue weighted by atomic mass is 127. The second kappa shape index (κ2) is 9.65. The summed E-state index contributed by atoms with van der Waals surface area (Å²) in [6, 6.07) is 10.8. The van der Waals surface area contributed by atoms with Crippen LogP contribution in [0.3, 0.4) is 0 Å². The fourth-order valence-corrected chi connectivity index (χ4v) is 4.59. The molecule has 3 heterocycles. The van der Waals surface area contributed by atoms with Gasteiger partial charge in [0.1, 0.15) is 0 Å². The fraction of sp³-hybridized carbons (Fsp3) is 0.381. The third-order valence-corrected chi connectivity index (χ3v) is 6.22. The van der Waals surface area contributed by atoms with Gasteiger partial charge in [-0.3, -0.25) is 4.99 Å². The summed E-state index contributed by atoms with van der Waals surface area (Å²) in [6.45, 7) is 7.14. The zero-order valence-electron chi connectivity index (χ0n) is 16.4. The molecule has 0 bridgehead atoms. The minimum Gasteiger partial charge on any atom is -0.361 e. The third-order valence-electron chi connectivity index (χ3n) is 5.30. The van der Waals surface area contributed by atoms with Crippen molar-refractivity contribution in [1.29, 1.82) is 0 Å². The van der Waals surface area contributed by atoms with Gasteiger partial charge in [0.05, 0.1) is 5.00 Å². The number of hydrogen-bond donors (Lipinski definition) is 2. The van der Waals surface area contributed by atoms with Crippen LogP contribution in [-0.2, 0) is 6.42 Å². The van der Waals surface area contributed by atoms with Crippen LogP contribution >= 0.6 is 35.3 Å². The average Bonchev–Trinajstić information content (AvgIpc) is 3.37. The molecule has 2 N–H and O–H groups in total. The van der Waals surface area contributed by atoms with Crippen molar-refractivity contribution in [2.45, 2.75) is 13.3 Å². The summed E-state index contributed by atoms with van der Waals surface area (Å²) in [4.78, 5) is 12.7. The number of guanidine groups is 1. The van der Waals surface area contributed by atoms with Gasteiger partial charge in [0.25, 0.3) is 0 Å². The number of nitrogens with one attached hydrogen (secondary N) is 2. The van der Waals surface area contributed by atoms with Crippen LogP contribution in [0.15, 0.2) is 46.9 Å². The Morgan fingerprint density at radius 3 is 2.71 bits per heavy atom. The van der Waals surface area contributed by atoms with Crippen LogP contribution in [0.25, 0.3) is 10.9 Å². The van der Waals surface area contributed by atoms with Gasteiger partial charge >= 0.3 is 0 Å². The molecule has 0 spiro atoms. The SMILES string of the molecule is CN=C(NCCc1c[nH]c2c(C)cccc12)N1CCN(c2cccs2)CC1.I. The number of aryl methyl sites for hydroxylation is 1. The Kier molecular flexibility index (Phi) is 7.23. The number of piperazine rings is 1. The van der Waals surface area contributed by atoms with Gasteiger partial charge in [-0.2, -0.15) is 0 Å². The lowest BCUT2D eigenvalue weighted by Gasteiger charge is -2.37. The summed E-state index contributed by atoms with van der Waals surface area (Å²) in [5.41, 5.74) is 3.91. The van der Waals surface area contributed by atoms with Gasteiger partial charge in [0, 0.05) is 56.9 Å². The van der Waals surface area contributed by atoms with E-state index in [9.17, 15) is 0 Å². The van der Waals surface area contributed by atoms with E-state index >= 15 is 0 Å². The largest absolute Gasteiger partial charge is 0.361 e. The van der Waals surface area contributed by atoms with Crippen LogP contribution < -0.4 is 10.2 Å². The maximum absolute atomic E-state index is 4.50. The number of halogens is 1. The highest BCUT2D eigenvalue weighted by Crippen LogP contribution is 2.23. The van der Waals surface area contributed by atoms with E-state index in [0.29, 0.717) is 0 Å². The second-order valence-electron chi connectivity index (χ2n) is 6.96. The van der Waals surface area contributed by atoms with E-state index in [0.717, 1.165) is 45.1 Å². The Morgan fingerprint density at radius 2 is 2.00 bits per heavy atom. The highest BCUT2D eigenvalue weighted by Gasteiger charge is 2.20. The Balaban J connectivity index is 0.00000225. The van der Waals surface area contributed by atoms with E-state index in [1.54, 1.807) is 0 Å². The summed E-state index contributed by atoms with van der Waals surface area (Å²) < 4.78 is 0. The number of nitrogens with zero attached hydrogens (tertiary/aromatic N) is 3. The molecule has 150 valence electrons. The van der Waals surface area contributed by atoms with Crippen molar-refractivity contribution in [3.05, 3.63) is 53.0 Å². The lowest BCUT2D eigenvalue weighted by molar-refractivity contribution is 0.374. The molecule has 0 aliphatic carbocycles. The molecule has 4 rings (SSSR count). The molecule has 0 unspecified atom stereocenters. The first-order chi connectivity index (χ1) is 13.3. The van der Waals surface area contributed by atoms with Crippen molar-refractivity contribution in [1.82, 2.24) is 15.2 Å². The topological polar surface area (TPSA) is 46.7 Å². The normalized spacial score (nSPS) is 15.0. The third kappa shape index (κ3) is 4.46. The van der Waals surface area contributed by atoms with Crippen LogP contribution in [0.4, 0.5) is 5.00 Å². The van der Waals surface area contributed by atoms with E-state index < -0.39 is 0 Å². The van der Waals surface area contributed by atoms with E-state index in [4.69, 9.17) is 0 Å². The van der Waals surface area contributed by atoms with E-state index in [-0.39, 0.29) is 24.0 Å². The number of aromatic amines is 1. The van der Waals surface area contributed by atoms with Crippen molar-refractivity contribution in [2.24, 2.45) is 4.99 Å². The molecule has 1 saturated heterocycles. The summed E-state index contributed by atoms with van der Waals surface area (Å²) in [5.74, 6) is 1.01. The predicted octanol–water partition coefficient (Wildman–Crippen LogP) is 4.10. The van der Waals surface area contributed by atoms with Gasteiger partial charge in [-0.1, -0.05) is 18.2 Å². The molecule has 1 aliphatic rings. The number of hydrogen-bond acceptors (Lipinski definition) is 3. The monoisotopic (exact) mass is 509 g/mol. The van der Waals surface area contributed by atoms with Gasteiger partial charge < -0.3 is 20.1 Å². The zero-order chi connectivity index (χ0) is 18.6. The first-order valence-corrected chi connectivity index (χ1v) is 10.4. The standard InChI is InChI=1S/C21H27N5S.HI/c1-16-5-3-6-18-17(15-24-20(16)18)8-9-23-21(22-2)26-12-10-25(11-13-26)19-7-4-14-27-19;/h3-7,14-15,24H,8-13H2,1-2H3,(H,22,23);1H. The molecule has 5 nitrogen and oxygen atoms in total. The van der Waals surface area contributed by atoms with Crippen molar-refractivity contribution in [3.8, 4) is 0 Å². The number of thiophene rings is 1. The van der Waals surface area contributed by atoms with Gasteiger partial charge in [-0.25, -0.2) is 0 Å². The molecule has 3 aromatic rings. The van der Waals surface area contributed by atoms with Crippen LogP contribution in [0.5, 0.6) is 0 Å². The van der Waals surface area contributed by atoms with Gasteiger partial charge in [0.2, 0.25) is 0 Å². The van der Waals surface area contributed by atoms with Gasteiger partial charge in [0.15, 0.2) is 5.96 Å². The van der Waals surface area contributed by atoms with Crippen molar-refractivity contribution >= 4 is 57.2 Å². The summed E-state index contributed by atoms with van der Waals surface area (Å²) in [6.07, 6.45) is 3.12. The number of aliphatic imine (C=N–C) groups is 1. The Hall–Kier alpha value is -1.74. The quantitative estimate of drug-likeness (QED) is 0.317. The minimum absolute atomic E-state index is 0. The predicted molar refractivity (Wildman–Crippen MR) is 132 cm³/mol. The zero-order valence-corrected chi connectivity index (χ0v) is 19.6. The maximum Gasteiger partial charge on any atom is 0.193 e. The van der Waals surface area contributed by atoms with E-state index in [1.807, 2.05) is 18.4 Å². The molecule has 1 aromatic carbocycles. The number of H-pyrrole nitrogens is 1. The summed E-state index contributed by atoms with van der Waals surface area (Å²) in [7, 11) is 1.88. The number of para-hydroxylation sites is 1. The van der Waals surface area contributed by atoms with E-state index in [1.165, 1.54) is 27.0 Å². The van der Waals surface area contributed by atoms with Gasteiger partial charge in [-0.05, 0) is 42.0 Å². The highest BCUT2D eigenvalue weighted by molar-refractivity contribution is 14.0. The molecular weight excluding hydrogens is 481 g/mol. The number of aromatic nitrogens is 1. The Labute approximate surface area is 187 Å². The molecule has 7 heteroatoms. The lowest BCUT2D eigenvalue weighted by atomic mass is 10.1. The smallest absolute Gasteiger partial charge is 0.193 e. The van der Waals surface area contributed by atoms with E-state index in [2.05, 4.69) is 73.9 Å². The van der Waals surface area contributed by atoms with Crippen molar-refractivity contribution < 1.29 is 0 Å². The van der Waals surface area contributed by atoms with Gasteiger partial charge in [-0.15, -0.1) is 35.3 Å². The summed E-state index contributed by atoms with van der Waals surface area (Å²) >= 11 is 1.82. The number of fused-ring (bicyclic) bond motifs is 1. The van der Waals surface area contributed by atoms with Crippen LogP contribution in [-0.4, -0.2) is 55.6 Å². The van der Waals surface area contributed by atoms with Crippen LogP contribution in [0.2, 0.25) is 0 Å². The number of benzene rings is 1. The first-order valence-electron chi connectivity index (χ1n) is 9.56. The molecular formula is C21H28IN5S. The Morgan fingerprint density at radius 1 is 1.18 bits per heavy atom. The lowest BCUT2D eigenvalue weighted by Crippen LogP contribution is -2.52. The molecule has 0 radical (unpaired) electrons. The molecule has 0 amide bonds. The first kappa shape index (κ1) is 21.0. The van der Waals surface area contributed by atoms with Crippen molar-refractivity contribution in [3.63, 3.8) is 0 Å². The molecule has 2 aromatic heterocycles. The average molecular weight is 509 g/mol. The number of rotatable bonds is 4. The molecule has 28 heavy (non-hydrogen) atoms. The minimum atomic E-state index is 0. The van der Waals surface area contributed by atoms with Crippen molar-refractivity contribution in [2.75, 3.05) is 44.7 Å². The fourth-order valence-electron chi connectivity index (χ4n) is 3.80.